The zero-order chi connectivity index (χ0) is 21.3. The van der Waals surface area contributed by atoms with E-state index in [1.54, 1.807) is 11.1 Å². The van der Waals surface area contributed by atoms with E-state index in [1.807, 2.05) is 31.2 Å². The van der Waals surface area contributed by atoms with Crippen LogP contribution in [0.15, 0.2) is 42.6 Å². The third-order valence-corrected chi connectivity index (χ3v) is 5.14. The molecule has 8 nitrogen and oxygen atoms in total. The summed E-state index contributed by atoms with van der Waals surface area (Å²) in [4.78, 5) is 31.9. The number of hydrogen-bond acceptors (Lipinski definition) is 5. The highest BCUT2D eigenvalue weighted by atomic mass is 16.5. The molecule has 1 saturated heterocycles. The van der Waals surface area contributed by atoms with Crippen molar-refractivity contribution in [2.75, 3.05) is 45.2 Å². The number of anilines is 1. The fourth-order valence-corrected chi connectivity index (χ4v) is 3.36. The van der Waals surface area contributed by atoms with E-state index < -0.39 is 0 Å². The smallest absolute Gasteiger partial charge is 0.409 e. The summed E-state index contributed by atoms with van der Waals surface area (Å²) >= 11 is 0. The Morgan fingerprint density at radius 1 is 1.10 bits per heavy atom. The molecule has 30 heavy (non-hydrogen) atoms. The van der Waals surface area contributed by atoms with E-state index in [4.69, 9.17) is 4.74 Å². The van der Waals surface area contributed by atoms with Crippen LogP contribution < -0.4 is 10.6 Å². The molecule has 1 aliphatic rings. The van der Waals surface area contributed by atoms with Crippen LogP contribution in [0, 0.1) is 6.92 Å². The molecule has 0 unspecified atom stereocenters. The Labute approximate surface area is 177 Å². The minimum Gasteiger partial charge on any atom is -0.453 e. The maximum absolute atomic E-state index is 12.1. The minimum absolute atomic E-state index is 0.252. The van der Waals surface area contributed by atoms with Crippen LogP contribution in [0.2, 0.25) is 0 Å². The first kappa shape index (κ1) is 21.6. The molecule has 3 rings (SSSR count). The molecule has 2 N–H and O–H groups in total. The molecule has 0 aliphatic carbocycles. The van der Waals surface area contributed by atoms with Gasteiger partial charge in [0.25, 0.3) is 0 Å². The Balaban J connectivity index is 1.42. The number of pyridine rings is 1. The molecular formula is C22H29N5O3. The molecule has 3 amide bonds. The summed E-state index contributed by atoms with van der Waals surface area (Å²) in [5.74, 6) is 0. The molecule has 0 saturated carbocycles. The molecule has 0 spiro atoms. The van der Waals surface area contributed by atoms with Gasteiger partial charge in [-0.25, -0.2) is 9.59 Å². The number of aromatic nitrogens is 1. The Hall–Kier alpha value is -3.13. The average Bonchev–Trinajstić information content (AvgIpc) is 2.78. The SMILES string of the molecule is COC(=O)N1CCN(CCc2cccc(CNC(=O)Nc3ccc(C)nc3)c2)CC1. The van der Waals surface area contributed by atoms with Gasteiger partial charge in [0.2, 0.25) is 0 Å². The fraction of sp³-hybridized carbons (Fsp3) is 0.409. The van der Waals surface area contributed by atoms with Gasteiger partial charge in [0.15, 0.2) is 0 Å². The standard InChI is InChI=1S/C22H29N5O3/c1-17-6-7-20(16-23-17)25-21(28)24-15-19-5-3-4-18(14-19)8-9-26-10-12-27(13-11-26)22(29)30-2/h3-7,14,16H,8-13,15H2,1-2H3,(H2,24,25,28). The Morgan fingerprint density at radius 2 is 1.87 bits per heavy atom. The maximum atomic E-state index is 12.1. The van der Waals surface area contributed by atoms with E-state index >= 15 is 0 Å². The lowest BCUT2D eigenvalue weighted by molar-refractivity contribution is 0.0914. The molecule has 8 heteroatoms. The highest BCUT2D eigenvalue weighted by molar-refractivity contribution is 5.88. The Bertz CT molecular complexity index is 848. The summed E-state index contributed by atoms with van der Waals surface area (Å²) in [5, 5.41) is 5.66. The van der Waals surface area contributed by atoms with Crippen molar-refractivity contribution in [1.82, 2.24) is 20.1 Å². The number of benzene rings is 1. The number of ether oxygens (including phenoxy) is 1. The van der Waals surface area contributed by atoms with Crippen molar-refractivity contribution in [2.24, 2.45) is 0 Å². The molecule has 1 aromatic carbocycles. The van der Waals surface area contributed by atoms with Crippen LogP contribution in [-0.2, 0) is 17.7 Å². The number of nitrogens with zero attached hydrogens (tertiary/aromatic N) is 3. The normalized spacial score (nSPS) is 14.3. The van der Waals surface area contributed by atoms with E-state index in [1.165, 1.54) is 12.7 Å². The molecule has 0 bridgehead atoms. The van der Waals surface area contributed by atoms with Gasteiger partial charge in [-0.2, -0.15) is 0 Å². The molecule has 0 radical (unpaired) electrons. The number of piperazine rings is 1. The lowest BCUT2D eigenvalue weighted by Crippen LogP contribution is -2.49. The van der Waals surface area contributed by atoms with Gasteiger partial charge in [-0.05, 0) is 36.6 Å². The number of carbonyl (C=O) groups is 2. The van der Waals surface area contributed by atoms with Crippen LogP contribution in [0.1, 0.15) is 16.8 Å². The van der Waals surface area contributed by atoms with E-state index in [0.29, 0.717) is 25.3 Å². The zero-order valence-corrected chi connectivity index (χ0v) is 17.6. The number of hydrogen-bond donors (Lipinski definition) is 2. The van der Waals surface area contributed by atoms with Gasteiger partial charge in [-0.15, -0.1) is 0 Å². The van der Waals surface area contributed by atoms with Crippen LogP contribution in [0.5, 0.6) is 0 Å². The Morgan fingerprint density at radius 3 is 2.57 bits per heavy atom. The summed E-state index contributed by atoms with van der Waals surface area (Å²) in [6.45, 7) is 6.39. The number of urea groups is 1. The van der Waals surface area contributed by atoms with Crippen LogP contribution in [0.25, 0.3) is 0 Å². The predicted octanol–water partition coefficient (Wildman–Crippen LogP) is 2.64. The number of aryl methyl sites for hydroxylation is 1. The number of rotatable bonds is 6. The van der Waals surface area contributed by atoms with Gasteiger partial charge in [0.05, 0.1) is 19.0 Å². The van der Waals surface area contributed by atoms with Crippen LogP contribution >= 0.6 is 0 Å². The molecule has 1 aliphatic heterocycles. The van der Waals surface area contributed by atoms with Crippen LogP contribution in [0.3, 0.4) is 0 Å². The summed E-state index contributed by atoms with van der Waals surface area (Å²) in [6.07, 6.45) is 2.31. The molecule has 2 heterocycles. The number of nitrogens with one attached hydrogen (secondary N) is 2. The quantitative estimate of drug-likeness (QED) is 0.763. The summed E-state index contributed by atoms with van der Waals surface area (Å²) in [5.41, 5.74) is 3.86. The van der Waals surface area contributed by atoms with Gasteiger partial charge in [-0.3, -0.25) is 9.88 Å². The molecule has 1 aromatic heterocycles. The van der Waals surface area contributed by atoms with Crippen molar-refractivity contribution in [3.63, 3.8) is 0 Å². The summed E-state index contributed by atoms with van der Waals surface area (Å²) in [7, 11) is 1.42. The van der Waals surface area contributed by atoms with Gasteiger partial charge in [-0.1, -0.05) is 24.3 Å². The van der Waals surface area contributed by atoms with E-state index in [-0.39, 0.29) is 12.1 Å². The van der Waals surface area contributed by atoms with Gasteiger partial charge in [0.1, 0.15) is 0 Å². The van der Waals surface area contributed by atoms with E-state index in [9.17, 15) is 9.59 Å². The monoisotopic (exact) mass is 411 g/mol. The van der Waals surface area contributed by atoms with Crippen LogP contribution in [0.4, 0.5) is 15.3 Å². The van der Waals surface area contributed by atoms with Crippen LogP contribution in [-0.4, -0.2) is 66.7 Å². The molecule has 160 valence electrons. The molecule has 2 aromatic rings. The second-order valence-electron chi connectivity index (χ2n) is 7.36. The predicted molar refractivity (Wildman–Crippen MR) is 115 cm³/mol. The maximum Gasteiger partial charge on any atom is 0.409 e. The van der Waals surface area contributed by atoms with Crippen molar-refractivity contribution >= 4 is 17.8 Å². The number of carbonyl (C=O) groups excluding carboxylic acids is 2. The lowest BCUT2D eigenvalue weighted by Gasteiger charge is -2.33. The van der Waals surface area contributed by atoms with Crippen molar-refractivity contribution in [3.05, 3.63) is 59.4 Å². The first-order valence-electron chi connectivity index (χ1n) is 10.1. The van der Waals surface area contributed by atoms with E-state index in [0.717, 1.165) is 37.3 Å². The largest absolute Gasteiger partial charge is 0.453 e. The lowest BCUT2D eigenvalue weighted by atomic mass is 10.1. The van der Waals surface area contributed by atoms with Gasteiger partial charge >= 0.3 is 12.1 Å². The van der Waals surface area contributed by atoms with Crippen molar-refractivity contribution in [3.8, 4) is 0 Å². The highest BCUT2D eigenvalue weighted by Crippen LogP contribution is 2.10. The first-order valence-corrected chi connectivity index (χ1v) is 10.1. The minimum atomic E-state index is -0.255. The Kier molecular flexibility index (Phi) is 7.62. The van der Waals surface area contributed by atoms with Gasteiger partial charge < -0.3 is 20.3 Å². The number of amides is 3. The second-order valence-corrected chi connectivity index (χ2v) is 7.36. The van der Waals surface area contributed by atoms with E-state index in [2.05, 4.69) is 32.7 Å². The number of methoxy groups -OCH3 is 1. The van der Waals surface area contributed by atoms with Gasteiger partial charge in [0, 0.05) is 45.0 Å². The zero-order valence-electron chi connectivity index (χ0n) is 17.6. The van der Waals surface area contributed by atoms with Crippen molar-refractivity contribution in [1.29, 1.82) is 0 Å². The van der Waals surface area contributed by atoms with Crippen molar-refractivity contribution in [2.45, 2.75) is 19.9 Å². The average molecular weight is 412 g/mol. The molecule has 1 fully saturated rings. The summed E-state index contributed by atoms with van der Waals surface area (Å²) < 4.78 is 4.78. The molecular weight excluding hydrogens is 382 g/mol. The topological polar surface area (TPSA) is 86.8 Å². The van der Waals surface area contributed by atoms with Crippen molar-refractivity contribution < 1.29 is 14.3 Å². The third-order valence-electron chi connectivity index (χ3n) is 5.14. The second kappa shape index (κ2) is 10.6. The summed E-state index contributed by atoms with van der Waals surface area (Å²) in [6, 6.07) is 11.7. The fourth-order valence-electron chi connectivity index (χ4n) is 3.36. The third kappa shape index (κ3) is 6.45. The highest BCUT2D eigenvalue weighted by Gasteiger charge is 2.21. The first-order chi connectivity index (χ1) is 14.5. The molecule has 0 atom stereocenters.